The molecule has 0 aromatic carbocycles. The molecule has 4 rings (SSSR count). The number of hydrogen-bond acceptors (Lipinski definition) is 5. The monoisotopic (exact) mass is 289 g/mol. The predicted octanol–water partition coefficient (Wildman–Crippen LogP) is 1.34. The molecule has 2 aromatic rings. The van der Waals surface area contributed by atoms with Crippen LogP contribution in [0.4, 0.5) is 5.82 Å². The Balaban J connectivity index is 1.51. The second-order valence-corrected chi connectivity index (χ2v) is 6.05. The molecule has 20 heavy (non-hydrogen) atoms. The van der Waals surface area contributed by atoms with Gasteiger partial charge in [-0.1, -0.05) is 0 Å². The standard InChI is InChI=1S/C14H15N3O2S/c18-14(11-9-19-11)17-6-4-16(5-7-17)13-10-2-8-20-12(10)1-3-15-13/h1-3,8,11H,4-7,9H2. The highest BCUT2D eigenvalue weighted by molar-refractivity contribution is 7.17. The minimum atomic E-state index is -0.167. The maximum Gasteiger partial charge on any atom is 0.254 e. The van der Waals surface area contributed by atoms with Crippen molar-refractivity contribution in [3.8, 4) is 0 Å². The number of nitrogens with zero attached hydrogens (tertiary/aromatic N) is 3. The van der Waals surface area contributed by atoms with Crippen molar-refractivity contribution in [2.45, 2.75) is 6.10 Å². The Morgan fingerprint density at radius 1 is 1.30 bits per heavy atom. The third-order valence-electron chi connectivity index (χ3n) is 3.86. The lowest BCUT2D eigenvalue weighted by atomic mass is 10.2. The molecular formula is C14H15N3O2S. The molecule has 1 amide bonds. The Kier molecular flexibility index (Phi) is 2.85. The van der Waals surface area contributed by atoms with Crippen molar-refractivity contribution in [3.05, 3.63) is 23.7 Å². The van der Waals surface area contributed by atoms with E-state index >= 15 is 0 Å². The molecule has 0 bridgehead atoms. The molecule has 5 nitrogen and oxygen atoms in total. The van der Waals surface area contributed by atoms with Gasteiger partial charge in [0, 0.05) is 42.5 Å². The predicted molar refractivity (Wildman–Crippen MR) is 78.2 cm³/mol. The van der Waals surface area contributed by atoms with E-state index in [1.807, 2.05) is 17.2 Å². The number of piperazine rings is 1. The first-order valence-corrected chi connectivity index (χ1v) is 7.68. The van der Waals surface area contributed by atoms with Crippen LogP contribution in [0.2, 0.25) is 0 Å². The van der Waals surface area contributed by atoms with Gasteiger partial charge in [-0.15, -0.1) is 11.3 Å². The van der Waals surface area contributed by atoms with Crippen molar-refractivity contribution in [1.29, 1.82) is 0 Å². The maximum absolute atomic E-state index is 11.9. The number of carbonyl (C=O) groups is 1. The lowest BCUT2D eigenvalue weighted by Crippen LogP contribution is -2.50. The average molecular weight is 289 g/mol. The molecule has 0 aliphatic carbocycles. The normalized spacial score (nSPS) is 22.3. The molecule has 1 atom stereocenters. The summed E-state index contributed by atoms with van der Waals surface area (Å²) >= 11 is 1.74. The summed E-state index contributed by atoms with van der Waals surface area (Å²) in [5, 5.41) is 3.31. The zero-order chi connectivity index (χ0) is 13.5. The third-order valence-corrected chi connectivity index (χ3v) is 4.74. The summed E-state index contributed by atoms with van der Waals surface area (Å²) in [6.45, 7) is 3.76. The fourth-order valence-electron chi connectivity index (χ4n) is 2.66. The van der Waals surface area contributed by atoms with Crippen LogP contribution in [-0.4, -0.2) is 54.7 Å². The summed E-state index contributed by atoms with van der Waals surface area (Å²) in [4.78, 5) is 20.6. The van der Waals surface area contributed by atoms with E-state index in [1.165, 1.54) is 10.1 Å². The summed E-state index contributed by atoms with van der Waals surface area (Å²) in [5.74, 6) is 1.19. The van der Waals surface area contributed by atoms with Crippen molar-refractivity contribution >= 4 is 33.1 Å². The van der Waals surface area contributed by atoms with Gasteiger partial charge < -0.3 is 14.5 Å². The van der Waals surface area contributed by atoms with E-state index in [1.54, 1.807) is 11.3 Å². The first kappa shape index (κ1) is 12.1. The maximum atomic E-state index is 11.9. The van der Waals surface area contributed by atoms with Crippen LogP contribution in [0.15, 0.2) is 23.7 Å². The quantitative estimate of drug-likeness (QED) is 0.783. The number of pyridine rings is 1. The molecule has 4 heterocycles. The Bertz CT molecular complexity index is 645. The number of carbonyl (C=O) groups excluding carboxylic acids is 1. The Morgan fingerprint density at radius 3 is 2.85 bits per heavy atom. The van der Waals surface area contributed by atoms with Crippen LogP contribution in [0.3, 0.4) is 0 Å². The van der Waals surface area contributed by atoms with E-state index in [-0.39, 0.29) is 12.0 Å². The minimum absolute atomic E-state index is 0.145. The number of anilines is 1. The van der Waals surface area contributed by atoms with Crippen LogP contribution in [0.5, 0.6) is 0 Å². The Morgan fingerprint density at radius 2 is 2.10 bits per heavy atom. The molecule has 2 aromatic heterocycles. The van der Waals surface area contributed by atoms with Gasteiger partial charge in [-0.05, 0) is 17.5 Å². The second-order valence-electron chi connectivity index (χ2n) is 5.10. The molecule has 2 saturated heterocycles. The van der Waals surface area contributed by atoms with Crippen LogP contribution < -0.4 is 4.90 Å². The van der Waals surface area contributed by atoms with Gasteiger partial charge in [0.25, 0.3) is 5.91 Å². The summed E-state index contributed by atoms with van der Waals surface area (Å²) in [6, 6.07) is 4.17. The number of aromatic nitrogens is 1. The van der Waals surface area contributed by atoms with Crippen LogP contribution in [0, 0.1) is 0 Å². The van der Waals surface area contributed by atoms with Crippen LogP contribution >= 0.6 is 11.3 Å². The van der Waals surface area contributed by atoms with Crippen molar-refractivity contribution in [2.75, 3.05) is 37.7 Å². The van der Waals surface area contributed by atoms with Crippen LogP contribution in [0.1, 0.15) is 0 Å². The van der Waals surface area contributed by atoms with E-state index in [2.05, 4.69) is 21.3 Å². The SMILES string of the molecule is O=C(C1CO1)N1CCN(c2nccc3sccc23)CC1. The first-order chi connectivity index (χ1) is 9.83. The number of epoxide rings is 1. The largest absolute Gasteiger partial charge is 0.363 e. The van der Waals surface area contributed by atoms with E-state index in [0.29, 0.717) is 6.61 Å². The van der Waals surface area contributed by atoms with Crippen molar-refractivity contribution < 1.29 is 9.53 Å². The van der Waals surface area contributed by atoms with Gasteiger partial charge in [0.1, 0.15) is 5.82 Å². The topological polar surface area (TPSA) is 49.0 Å². The molecule has 1 unspecified atom stereocenters. The van der Waals surface area contributed by atoms with E-state index in [0.717, 1.165) is 32.0 Å². The molecule has 6 heteroatoms. The number of hydrogen-bond donors (Lipinski definition) is 0. The number of ether oxygens (including phenoxy) is 1. The van der Waals surface area contributed by atoms with Crippen molar-refractivity contribution in [3.63, 3.8) is 0 Å². The van der Waals surface area contributed by atoms with E-state index in [9.17, 15) is 4.79 Å². The van der Waals surface area contributed by atoms with Gasteiger partial charge in [-0.3, -0.25) is 4.79 Å². The lowest BCUT2D eigenvalue weighted by molar-refractivity contribution is -0.132. The molecule has 2 aliphatic rings. The van der Waals surface area contributed by atoms with Gasteiger partial charge in [0.15, 0.2) is 6.10 Å². The summed E-state index contributed by atoms with van der Waals surface area (Å²) in [5.41, 5.74) is 0. The average Bonchev–Trinajstić information content (AvgIpc) is 3.23. The fraction of sp³-hybridized carbons (Fsp3) is 0.429. The highest BCUT2D eigenvalue weighted by Crippen LogP contribution is 2.29. The van der Waals surface area contributed by atoms with Gasteiger partial charge in [-0.2, -0.15) is 0 Å². The minimum Gasteiger partial charge on any atom is -0.363 e. The van der Waals surface area contributed by atoms with E-state index < -0.39 is 0 Å². The van der Waals surface area contributed by atoms with Gasteiger partial charge in [0.05, 0.1) is 6.61 Å². The third kappa shape index (κ3) is 2.05. The van der Waals surface area contributed by atoms with Crippen LogP contribution in [-0.2, 0) is 9.53 Å². The fourth-order valence-corrected chi connectivity index (χ4v) is 3.44. The molecular weight excluding hydrogens is 274 g/mol. The number of fused-ring (bicyclic) bond motifs is 1. The molecule has 0 radical (unpaired) electrons. The molecule has 104 valence electrons. The summed E-state index contributed by atoms with van der Waals surface area (Å²) < 4.78 is 6.33. The Labute approximate surface area is 120 Å². The highest BCUT2D eigenvalue weighted by atomic mass is 32.1. The molecule has 0 spiro atoms. The summed E-state index contributed by atoms with van der Waals surface area (Å²) in [7, 11) is 0. The lowest BCUT2D eigenvalue weighted by Gasteiger charge is -2.35. The highest BCUT2D eigenvalue weighted by Gasteiger charge is 2.36. The number of rotatable bonds is 2. The van der Waals surface area contributed by atoms with Crippen molar-refractivity contribution in [2.24, 2.45) is 0 Å². The summed E-state index contributed by atoms with van der Waals surface area (Å²) in [6.07, 6.45) is 1.70. The second kappa shape index (κ2) is 4.71. The molecule has 2 fully saturated rings. The van der Waals surface area contributed by atoms with Gasteiger partial charge >= 0.3 is 0 Å². The zero-order valence-electron chi connectivity index (χ0n) is 11.0. The molecule has 2 aliphatic heterocycles. The molecule has 0 saturated carbocycles. The zero-order valence-corrected chi connectivity index (χ0v) is 11.8. The van der Waals surface area contributed by atoms with Crippen molar-refractivity contribution in [1.82, 2.24) is 9.88 Å². The number of thiophene rings is 1. The van der Waals surface area contributed by atoms with Gasteiger partial charge in [0.2, 0.25) is 0 Å². The van der Waals surface area contributed by atoms with E-state index in [4.69, 9.17) is 4.74 Å². The first-order valence-electron chi connectivity index (χ1n) is 6.80. The molecule has 0 N–H and O–H groups in total. The van der Waals surface area contributed by atoms with Gasteiger partial charge in [-0.25, -0.2) is 4.98 Å². The smallest absolute Gasteiger partial charge is 0.254 e. The number of amides is 1. The Hall–Kier alpha value is -1.66. The van der Waals surface area contributed by atoms with Crippen LogP contribution in [0.25, 0.3) is 10.1 Å².